The number of carbonyl (C=O) groups excluding carboxylic acids is 1. The molecular weight excluding hydrogens is 408 g/mol. The molecule has 33 heavy (non-hydrogen) atoms. The molecule has 0 aliphatic rings. The van der Waals surface area contributed by atoms with E-state index in [2.05, 4.69) is 42.8 Å². The number of nitrogens with one attached hydrogen (secondary N) is 1. The third kappa shape index (κ3) is 5.11. The van der Waals surface area contributed by atoms with Crippen molar-refractivity contribution in [3.05, 3.63) is 98.0 Å². The molecule has 0 saturated heterocycles. The van der Waals surface area contributed by atoms with Crippen molar-refractivity contribution in [2.24, 2.45) is 0 Å². The van der Waals surface area contributed by atoms with Crippen molar-refractivity contribution >= 4 is 11.6 Å². The van der Waals surface area contributed by atoms with E-state index in [1.54, 1.807) is 0 Å². The second kappa shape index (κ2) is 11.1. The van der Waals surface area contributed by atoms with Crippen LogP contribution in [-0.2, 0) is 38.6 Å². The standard InChI is InChI=1S/C29H36N2O2/c1-6-22-16-13-17-23(7-2)27(22)30-29(33)26-25(9-4)31(24(8-3)20(5)28(26)32)19-18-21-14-11-10-12-15-21/h10-17H,6-9,18-19H2,1-5H3,(H,30,33). The molecule has 0 aliphatic carbocycles. The first-order valence-corrected chi connectivity index (χ1v) is 12.2. The van der Waals surface area contributed by atoms with Crippen molar-refractivity contribution in [1.29, 1.82) is 0 Å². The summed E-state index contributed by atoms with van der Waals surface area (Å²) in [5.41, 5.74) is 6.93. The average Bonchev–Trinajstić information content (AvgIpc) is 2.84. The van der Waals surface area contributed by atoms with Crippen LogP contribution in [0.15, 0.2) is 53.3 Å². The summed E-state index contributed by atoms with van der Waals surface area (Å²) in [6, 6.07) is 16.5. The van der Waals surface area contributed by atoms with Gasteiger partial charge in [0.15, 0.2) is 5.43 Å². The monoisotopic (exact) mass is 444 g/mol. The van der Waals surface area contributed by atoms with E-state index >= 15 is 0 Å². The first kappa shape index (κ1) is 24.5. The Labute approximate surface area is 197 Å². The van der Waals surface area contributed by atoms with Crippen LogP contribution in [0.5, 0.6) is 0 Å². The zero-order valence-corrected chi connectivity index (χ0v) is 20.6. The number of para-hydroxylation sites is 1. The van der Waals surface area contributed by atoms with E-state index in [0.717, 1.165) is 60.4 Å². The number of anilines is 1. The van der Waals surface area contributed by atoms with Crippen LogP contribution in [0.4, 0.5) is 5.69 Å². The van der Waals surface area contributed by atoms with Crippen LogP contribution in [-0.4, -0.2) is 10.5 Å². The summed E-state index contributed by atoms with van der Waals surface area (Å²) in [4.78, 5) is 27.0. The Balaban J connectivity index is 2.09. The molecular formula is C29H36N2O2. The number of carbonyl (C=O) groups is 1. The molecule has 0 atom stereocenters. The van der Waals surface area contributed by atoms with Gasteiger partial charge in [-0.05, 0) is 55.7 Å². The van der Waals surface area contributed by atoms with Gasteiger partial charge in [0.1, 0.15) is 5.56 Å². The van der Waals surface area contributed by atoms with Gasteiger partial charge in [-0.2, -0.15) is 0 Å². The molecule has 0 saturated carbocycles. The van der Waals surface area contributed by atoms with Gasteiger partial charge in [-0.25, -0.2) is 0 Å². The zero-order chi connectivity index (χ0) is 24.0. The molecule has 1 aromatic heterocycles. The summed E-state index contributed by atoms with van der Waals surface area (Å²) in [6.45, 7) is 10.9. The second-order valence-corrected chi connectivity index (χ2v) is 8.43. The van der Waals surface area contributed by atoms with E-state index in [1.165, 1.54) is 5.56 Å². The minimum absolute atomic E-state index is 0.149. The summed E-state index contributed by atoms with van der Waals surface area (Å²) in [6.07, 6.45) is 3.86. The third-order valence-corrected chi connectivity index (χ3v) is 6.54. The highest BCUT2D eigenvalue weighted by Crippen LogP contribution is 2.24. The van der Waals surface area contributed by atoms with Crippen LogP contribution >= 0.6 is 0 Å². The molecule has 0 bridgehead atoms. The summed E-state index contributed by atoms with van der Waals surface area (Å²) in [5.74, 6) is -0.299. The van der Waals surface area contributed by atoms with Gasteiger partial charge in [-0.3, -0.25) is 9.59 Å². The van der Waals surface area contributed by atoms with Gasteiger partial charge in [-0.1, -0.05) is 76.2 Å². The van der Waals surface area contributed by atoms with Gasteiger partial charge in [-0.15, -0.1) is 0 Å². The van der Waals surface area contributed by atoms with E-state index in [9.17, 15) is 9.59 Å². The molecule has 0 fully saturated rings. The molecule has 3 aromatic rings. The smallest absolute Gasteiger partial charge is 0.261 e. The van der Waals surface area contributed by atoms with Crippen LogP contribution in [0.3, 0.4) is 0 Å². The van der Waals surface area contributed by atoms with Crippen LogP contribution in [0, 0.1) is 6.92 Å². The van der Waals surface area contributed by atoms with Crippen molar-refractivity contribution < 1.29 is 4.79 Å². The van der Waals surface area contributed by atoms with Crippen LogP contribution in [0.1, 0.15) is 71.7 Å². The highest BCUT2D eigenvalue weighted by molar-refractivity contribution is 6.06. The van der Waals surface area contributed by atoms with Gasteiger partial charge < -0.3 is 9.88 Å². The minimum Gasteiger partial charge on any atom is -0.347 e. The van der Waals surface area contributed by atoms with Gasteiger partial charge in [0.05, 0.1) is 0 Å². The number of rotatable bonds is 9. The summed E-state index contributed by atoms with van der Waals surface area (Å²) < 4.78 is 2.21. The normalized spacial score (nSPS) is 10.9. The number of benzene rings is 2. The van der Waals surface area contributed by atoms with Crippen molar-refractivity contribution in [1.82, 2.24) is 4.57 Å². The fourth-order valence-electron chi connectivity index (χ4n) is 4.74. The molecule has 1 amide bonds. The van der Waals surface area contributed by atoms with E-state index < -0.39 is 0 Å². The van der Waals surface area contributed by atoms with Crippen molar-refractivity contribution in [3.63, 3.8) is 0 Å². The van der Waals surface area contributed by atoms with Crippen molar-refractivity contribution in [2.45, 2.75) is 73.3 Å². The number of aryl methyl sites for hydroxylation is 3. The Bertz CT molecular complexity index is 1150. The number of amides is 1. The van der Waals surface area contributed by atoms with Gasteiger partial charge in [0.25, 0.3) is 5.91 Å². The fourth-order valence-corrected chi connectivity index (χ4v) is 4.74. The maximum atomic E-state index is 13.6. The SMILES string of the molecule is CCc1cccc(CC)c1NC(=O)c1c(CC)n(CCc2ccccc2)c(CC)c(C)c1=O. The first-order valence-electron chi connectivity index (χ1n) is 12.2. The lowest BCUT2D eigenvalue weighted by molar-refractivity contribution is 0.102. The summed E-state index contributed by atoms with van der Waals surface area (Å²) >= 11 is 0. The number of aromatic nitrogens is 1. The molecule has 1 heterocycles. The maximum Gasteiger partial charge on any atom is 0.261 e. The van der Waals surface area contributed by atoms with E-state index in [-0.39, 0.29) is 16.9 Å². The minimum atomic E-state index is -0.299. The van der Waals surface area contributed by atoms with E-state index in [4.69, 9.17) is 0 Å². The number of hydrogen-bond donors (Lipinski definition) is 1. The summed E-state index contributed by atoms with van der Waals surface area (Å²) in [7, 11) is 0. The Morgan fingerprint density at radius 1 is 0.818 bits per heavy atom. The Morgan fingerprint density at radius 2 is 1.42 bits per heavy atom. The summed E-state index contributed by atoms with van der Waals surface area (Å²) in [5, 5.41) is 3.13. The van der Waals surface area contributed by atoms with E-state index in [0.29, 0.717) is 12.0 Å². The van der Waals surface area contributed by atoms with E-state index in [1.807, 2.05) is 50.2 Å². The lowest BCUT2D eigenvalue weighted by atomic mass is 10.00. The zero-order valence-electron chi connectivity index (χ0n) is 20.6. The predicted molar refractivity (Wildman–Crippen MR) is 137 cm³/mol. The molecule has 174 valence electrons. The highest BCUT2D eigenvalue weighted by atomic mass is 16.2. The lowest BCUT2D eigenvalue weighted by Gasteiger charge is -2.23. The van der Waals surface area contributed by atoms with Gasteiger partial charge in [0, 0.05) is 29.2 Å². The lowest BCUT2D eigenvalue weighted by Crippen LogP contribution is -2.32. The second-order valence-electron chi connectivity index (χ2n) is 8.43. The number of hydrogen-bond acceptors (Lipinski definition) is 2. The largest absolute Gasteiger partial charge is 0.347 e. The number of nitrogens with zero attached hydrogens (tertiary/aromatic N) is 1. The van der Waals surface area contributed by atoms with Crippen LogP contribution in [0.2, 0.25) is 0 Å². The fraction of sp³-hybridized carbons (Fsp3) is 0.379. The number of pyridine rings is 1. The molecule has 0 spiro atoms. The molecule has 0 radical (unpaired) electrons. The van der Waals surface area contributed by atoms with Crippen LogP contribution in [0.25, 0.3) is 0 Å². The molecule has 0 unspecified atom stereocenters. The predicted octanol–water partition coefficient (Wildman–Crippen LogP) is 5.90. The van der Waals surface area contributed by atoms with Gasteiger partial charge in [0.2, 0.25) is 0 Å². The average molecular weight is 445 g/mol. The Hall–Kier alpha value is -3.14. The van der Waals surface area contributed by atoms with Gasteiger partial charge >= 0.3 is 0 Å². The quantitative estimate of drug-likeness (QED) is 0.447. The Morgan fingerprint density at radius 3 is 1.97 bits per heavy atom. The third-order valence-electron chi connectivity index (χ3n) is 6.54. The van der Waals surface area contributed by atoms with Crippen LogP contribution < -0.4 is 10.7 Å². The molecule has 1 N–H and O–H groups in total. The molecule has 2 aromatic carbocycles. The maximum absolute atomic E-state index is 13.6. The highest BCUT2D eigenvalue weighted by Gasteiger charge is 2.24. The molecule has 4 heteroatoms. The topological polar surface area (TPSA) is 51.1 Å². The molecule has 3 rings (SSSR count). The first-order chi connectivity index (χ1) is 16.0. The Kier molecular flexibility index (Phi) is 8.26. The molecule has 0 aliphatic heterocycles. The molecule has 4 nitrogen and oxygen atoms in total. The van der Waals surface area contributed by atoms with Crippen molar-refractivity contribution in [3.8, 4) is 0 Å². The van der Waals surface area contributed by atoms with Crippen molar-refractivity contribution in [2.75, 3.05) is 5.32 Å².